The second-order valence-electron chi connectivity index (χ2n) is 4.05. The van der Waals surface area contributed by atoms with Gasteiger partial charge in [-0.3, -0.25) is 0 Å². The van der Waals surface area contributed by atoms with Crippen LogP contribution in [-0.4, -0.2) is 37.8 Å². The van der Waals surface area contributed by atoms with Crippen molar-refractivity contribution in [3.05, 3.63) is 42.0 Å². The monoisotopic (exact) mass is 285 g/mol. The molecule has 3 aromatic rings. The molecule has 8 nitrogen and oxygen atoms in total. The lowest BCUT2D eigenvalue weighted by molar-refractivity contribution is 0.0526. The summed E-state index contributed by atoms with van der Waals surface area (Å²) in [7, 11) is 0. The number of fused-ring (bicyclic) bond motifs is 1. The topological polar surface area (TPSA) is 91.5 Å². The van der Waals surface area contributed by atoms with Gasteiger partial charge >= 0.3 is 5.97 Å². The second kappa shape index (κ2) is 5.53. The second-order valence-corrected chi connectivity index (χ2v) is 4.05. The van der Waals surface area contributed by atoms with Gasteiger partial charge in [0.1, 0.15) is 5.75 Å². The van der Waals surface area contributed by atoms with Crippen LogP contribution in [-0.2, 0) is 4.74 Å². The van der Waals surface area contributed by atoms with Crippen molar-refractivity contribution >= 4 is 11.6 Å². The number of carbonyl (C=O) groups is 1. The van der Waals surface area contributed by atoms with Crippen LogP contribution in [0.1, 0.15) is 17.3 Å². The first kappa shape index (κ1) is 13.0. The minimum absolute atomic E-state index is 0.340. The maximum absolute atomic E-state index is 11.5. The van der Waals surface area contributed by atoms with Gasteiger partial charge in [0, 0.05) is 6.07 Å². The molecule has 0 spiro atoms. The Bertz CT molecular complexity index is 769. The maximum Gasteiger partial charge on any atom is 0.338 e. The van der Waals surface area contributed by atoms with Crippen molar-refractivity contribution in [3.63, 3.8) is 0 Å². The van der Waals surface area contributed by atoms with Gasteiger partial charge in [0.15, 0.2) is 5.65 Å². The fourth-order valence-electron chi connectivity index (χ4n) is 1.68. The van der Waals surface area contributed by atoms with Crippen LogP contribution < -0.4 is 4.74 Å². The molecule has 8 heteroatoms. The van der Waals surface area contributed by atoms with E-state index in [4.69, 9.17) is 9.47 Å². The molecule has 0 fully saturated rings. The third-order valence-electron chi connectivity index (χ3n) is 2.63. The van der Waals surface area contributed by atoms with Crippen molar-refractivity contribution in [1.29, 1.82) is 0 Å². The normalized spacial score (nSPS) is 10.5. The van der Waals surface area contributed by atoms with Crippen LogP contribution in [0.5, 0.6) is 11.6 Å². The SMILES string of the molecule is CCOC(=O)c1ccc(Oc2ccc3nnnn3n2)cc1. The Balaban J connectivity index is 1.76. The summed E-state index contributed by atoms with van der Waals surface area (Å²) in [5.41, 5.74) is 0.994. The lowest BCUT2D eigenvalue weighted by Crippen LogP contribution is -2.04. The van der Waals surface area contributed by atoms with Crippen molar-refractivity contribution in [2.45, 2.75) is 6.92 Å². The van der Waals surface area contributed by atoms with E-state index < -0.39 is 0 Å². The third kappa shape index (κ3) is 2.78. The standard InChI is InChI=1S/C13H11N5O3/c1-2-20-13(19)9-3-5-10(6-4-9)21-12-8-7-11-14-16-17-18(11)15-12/h3-8H,2H2,1H3. The van der Waals surface area contributed by atoms with Crippen LogP contribution in [0.3, 0.4) is 0 Å². The Hall–Kier alpha value is -3.03. The fourth-order valence-corrected chi connectivity index (χ4v) is 1.68. The largest absolute Gasteiger partial charge is 0.462 e. The maximum atomic E-state index is 11.5. The van der Waals surface area contributed by atoms with Gasteiger partial charge in [0.05, 0.1) is 12.2 Å². The Labute approximate surface area is 119 Å². The van der Waals surface area contributed by atoms with E-state index in [1.807, 2.05) is 0 Å². The van der Waals surface area contributed by atoms with E-state index in [0.717, 1.165) is 0 Å². The number of rotatable bonds is 4. The molecule has 0 bridgehead atoms. The Morgan fingerprint density at radius 2 is 2.00 bits per heavy atom. The third-order valence-corrected chi connectivity index (χ3v) is 2.63. The van der Waals surface area contributed by atoms with Crippen molar-refractivity contribution in [2.75, 3.05) is 6.61 Å². The summed E-state index contributed by atoms with van der Waals surface area (Å²) in [5, 5.41) is 15.0. The van der Waals surface area contributed by atoms with Gasteiger partial charge in [0.2, 0.25) is 5.88 Å². The van der Waals surface area contributed by atoms with E-state index in [0.29, 0.717) is 29.4 Å². The summed E-state index contributed by atoms with van der Waals surface area (Å²) in [6.45, 7) is 2.10. The number of carbonyl (C=O) groups excluding carboxylic acids is 1. The number of hydrogen-bond acceptors (Lipinski definition) is 7. The van der Waals surface area contributed by atoms with Crippen LogP contribution in [0.25, 0.3) is 5.65 Å². The van der Waals surface area contributed by atoms with Crippen LogP contribution in [0.2, 0.25) is 0 Å². The molecule has 0 N–H and O–H groups in total. The smallest absolute Gasteiger partial charge is 0.338 e. The van der Waals surface area contributed by atoms with E-state index in [2.05, 4.69) is 20.6 Å². The minimum Gasteiger partial charge on any atom is -0.462 e. The molecular weight excluding hydrogens is 274 g/mol. The number of hydrogen-bond donors (Lipinski definition) is 0. The highest BCUT2D eigenvalue weighted by atomic mass is 16.5. The highest BCUT2D eigenvalue weighted by Crippen LogP contribution is 2.19. The molecule has 0 saturated heterocycles. The first-order valence-corrected chi connectivity index (χ1v) is 6.27. The van der Waals surface area contributed by atoms with Gasteiger partial charge in [-0.2, -0.15) is 0 Å². The van der Waals surface area contributed by atoms with Crippen molar-refractivity contribution in [2.24, 2.45) is 0 Å². The molecule has 3 rings (SSSR count). The van der Waals surface area contributed by atoms with Gasteiger partial charge < -0.3 is 9.47 Å². The molecule has 0 amide bonds. The number of tetrazole rings is 1. The van der Waals surface area contributed by atoms with E-state index in [9.17, 15) is 4.79 Å². The zero-order valence-electron chi connectivity index (χ0n) is 11.1. The average molecular weight is 285 g/mol. The highest BCUT2D eigenvalue weighted by Gasteiger charge is 2.07. The first-order valence-electron chi connectivity index (χ1n) is 6.27. The Morgan fingerprint density at radius 1 is 1.19 bits per heavy atom. The van der Waals surface area contributed by atoms with Crippen LogP contribution >= 0.6 is 0 Å². The zero-order chi connectivity index (χ0) is 14.7. The number of benzene rings is 1. The molecule has 0 saturated carbocycles. The number of nitrogens with zero attached hydrogens (tertiary/aromatic N) is 5. The van der Waals surface area contributed by atoms with E-state index in [1.165, 1.54) is 4.63 Å². The predicted molar refractivity (Wildman–Crippen MR) is 71.0 cm³/mol. The van der Waals surface area contributed by atoms with Gasteiger partial charge in [-0.05, 0) is 47.7 Å². The van der Waals surface area contributed by atoms with Gasteiger partial charge in [0.25, 0.3) is 0 Å². The molecule has 0 unspecified atom stereocenters. The van der Waals surface area contributed by atoms with Crippen LogP contribution in [0.4, 0.5) is 0 Å². The average Bonchev–Trinajstić information content (AvgIpc) is 2.96. The molecule has 0 atom stereocenters. The molecule has 0 radical (unpaired) electrons. The van der Waals surface area contributed by atoms with Gasteiger partial charge in [-0.25, -0.2) is 4.79 Å². The van der Waals surface area contributed by atoms with Crippen molar-refractivity contribution in [3.8, 4) is 11.6 Å². The van der Waals surface area contributed by atoms with Gasteiger partial charge in [-0.1, -0.05) is 0 Å². The molecule has 0 aliphatic rings. The van der Waals surface area contributed by atoms with E-state index in [1.54, 1.807) is 43.3 Å². The number of ether oxygens (including phenoxy) is 2. The zero-order valence-corrected chi connectivity index (χ0v) is 11.1. The Kier molecular flexibility index (Phi) is 3.42. The molecule has 0 aliphatic carbocycles. The summed E-state index contributed by atoms with van der Waals surface area (Å²) in [6, 6.07) is 9.93. The molecule has 21 heavy (non-hydrogen) atoms. The summed E-state index contributed by atoms with van der Waals surface area (Å²) in [5.74, 6) is 0.527. The summed E-state index contributed by atoms with van der Waals surface area (Å²) >= 11 is 0. The molecular formula is C13H11N5O3. The summed E-state index contributed by atoms with van der Waals surface area (Å²) in [4.78, 5) is 11.5. The van der Waals surface area contributed by atoms with Crippen molar-refractivity contribution < 1.29 is 14.3 Å². The fraction of sp³-hybridized carbons (Fsp3) is 0.154. The predicted octanol–water partition coefficient (Wildman–Crippen LogP) is 1.49. The van der Waals surface area contributed by atoms with E-state index >= 15 is 0 Å². The quantitative estimate of drug-likeness (QED) is 0.670. The van der Waals surface area contributed by atoms with Crippen LogP contribution in [0, 0.1) is 0 Å². The first-order chi connectivity index (χ1) is 10.3. The van der Waals surface area contributed by atoms with E-state index in [-0.39, 0.29) is 5.97 Å². The minimum atomic E-state index is -0.364. The summed E-state index contributed by atoms with van der Waals surface area (Å²) < 4.78 is 11.7. The molecule has 1 aromatic carbocycles. The highest BCUT2D eigenvalue weighted by molar-refractivity contribution is 5.89. The Morgan fingerprint density at radius 3 is 2.76 bits per heavy atom. The number of esters is 1. The molecule has 2 heterocycles. The lowest BCUT2D eigenvalue weighted by atomic mass is 10.2. The molecule has 0 aliphatic heterocycles. The van der Waals surface area contributed by atoms with Crippen LogP contribution in [0.15, 0.2) is 36.4 Å². The lowest BCUT2D eigenvalue weighted by Gasteiger charge is -2.05. The van der Waals surface area contributed by atoms with Crippen molar-refractivity contribution in [1.82, 2.24) is 25.3 Å². The molecule has 106 valence electrons. The molecule has 2 aromatic heterocycles. The van der Waals surface area contributed by atoms with Gasteiger partial charge in [-0.15, -0.1) is 14.8 Å². The summed E-state index contributed by atoms with van der Waals surface area (Å²) in [6.07, 6.45) is 0. The number of aromatic nitrogens is 5.